The van der Waals surface area contributed by atoms with Crippen LogP contribution in [0.25, 0.3) is 0 Å². The van der Waals surface area contributed by atoms with Gasteiger partial charge in [-0.15, -0.1) is 0 Å². The predicted octanol–water partition coefficient (Wildman–Crippen LogP) is 2.54. The molecule has 1 aromatic carbocycles. The van der Waals surface area contributed by atoms with Crippen molar-refractivity contribution in [2.45, 2.75) is 33.6 Å². The molecular formula is C16H19NO4. The monoisotopic (exact) mass is 289 g/mol. The zero-order valence-corrected chi connectivity index (χ0v) is 12.5. The lowest BCUT2D eigenvalue weighted by Crippen LogP contribution is -2.33. The lowest BCUT2D eigenvalue weighted by Gasteiger charge is -2.20. The van der Waals surface area contributed by atoms with Crippen molar-refractivity contribution in [3.05, 3.63) is 29.8 Å². The lowest BCUT2D eigenvalue weighted by molar-refractivity contribution is -0.125. The molecule has 0 aliphatic carbocycles. The minimum Gasteiger partial charge on any atom is -0.462 e. The van der Waals surface area contributed by atoms with Gasteiger partial charge < -0.3 is 4.74 Å². The normalized spacial score (nSPS) is 21.8. The van der Waals surface area contributed by atoms with Gasteiger partial charge in [0.05, 0.1) is 23.3 Å². The molecule has 1 atom stereocenters. The Kier molecular flexibility index (Phi) is 4.11. The summed E-state index contributed by atoms with van der Waals surface area (Å²) in [5.41, 5.74) is 0.268. The fourth-order valence-corrected chi connectivity index (χ4v) is 2.37. The van der Waals surface area contributed by atoms with Crippen LogP contribution in [0.1, 0.15) is 44.0 Å². The summed E-state index contributed by atoms with van der Waals surface area (Å²) >= 11 is 0. The van der Waals surface area contributed by atoms with Crippen molar-refractivity contribution >= 4 is 23.5 Å². The smallest absolute Gasteiger partial charge is 0.338 e. The predicted molar refractivity (Wildman–Crippen MR) is 77.9 cm³/mol. The molecule has 2 amide bonds. The number of hydrogen-bond acceptors (Lipinski definition) is 4. The molecule has 1 aromatic rings. The number of esters is 1. The molecule has 0 N–H and O–H groups in total. The topological polar surface area (TPSA) is 63.7 Å². The summed E-state index contributed by atoms with van der Waals surface area (Å²) in [5.74, 6) is -0.798. The molecule has 1 heterocycles. The van der Waals surface area contributed by atoms with Crippen LogP contribution in [0.2, 0.25) is 0 Å². The first kappa shape index (κ1) is 15.2. The van der Waals surface area contributed by atoms with E-state index in [-0.39, 0.29) is 18.2 Å². The largest absolute Gasteiger partial charge is 0.462 e. The third-order valence-corrected chi connectivity index (χ3v) is 3.93. The molecular weight excluding hydrogens is 270 g/mol. The maximum Gasteiger partial charge on any atom is 0.338 e. The van der Waals surface area contributed by atoms with Crippen LogP contribution in [0.5, 0.6) is 0 Å². The van der Waals surface area contributed by atoms with Gasteiger partial charge in [0.1, 0.15) is 0 Å². The summed E-state index contributed by atoms with van der Waals surface area (Å²) < 4.78 is 4.90. The fourth-order valence-electron chi connectivity index (χ4n) is 2.37. The van der Waals surface area contributed by atoms with Crippen molar-refractivity contribution in [1.82, 2.24) is 0 Å². The van der Waals surface area contributed by atoms with E-state index in [1.54, 1.807) is 38.1 Å². The SMILES string of the molecule is CCOC(=O)c1ccc(N2C(=O)C[C@](C)(CC)C2=O)cc1. The summed E-state index contributed by atoms with van der Waals surface area (Å²) in [7, 11) is 0. The van der Waals surface area contributed by atoms with Gasteiger partial charge >= 0.3 is 5.97 Å². The Balaban J connectivity index is 2.25. The molecule has 1 aliphatic rings. The van der Waals surface area contributed by atoms with Crippen molar-refractivity contribution in [2.24, 2.45) is 5.41 Å². The molecule has 0 radical (unpaired) electrons. The van der Waals surface area contributed by atoms with E-state index in [1.165, 1.54) is 4.90 Å². The molecule has 5 nitrogen and oxygen atoms in total. The molecule has 0 spiro atoms. The van der Waals surface area contributed by atoms with Crippen LogP contribution in [0.4, 0.5) is 5.69 Å². The van der Waals surface area contributed by atoms with Gasteiger partial charge in [0.2, 0.25) is 11.8 Å². The standard InChI is InChI=1S/C16H19NO4/c1-4-16(3)10-13(18)17(15(16)20)12-8-6-11(7-9-12)14(19)21-5-2/h6-9H,4-5,10H2,1-3H3/t16-/m0/s1. The van der Waals surface area contributed by atoms with Crippen molar-refractivity contribution in [2.75, 3.05) is 11.5 Å². The molecule has 0 saturated carbocycles. The van der Waals surface area contributed by atoms with Gasteiger partial charge in [-0.1, -0.05) is 13.8 Å². The number of nitrogens with zero attached hydrogens (tertiary/aromatic N) is 1. The van der Waals surface area contributed by atoms with Gasteiger partial charge in [0.15, 0.2) is 0 Å². The number of anilines is 1. The molecule has 1 aliphatic heterocycles. The van der Waals surface area contributed by atoms with E-state index in [2.05, 4.69) is 0 Å². The number of benzene rings is 1. The van der Waals surface area contributed by atoms with Crippen LogP contribution in [-0.2, 0) is 14.3 Å². The highest BCUT2D eigenvalue weighted by molar-refractivity contribution is 6.22. The van der Waals surface area contributed by atoms with Crippen molar-refractivity contribution in [1.29, 1.82) is 0 Å². The van der Waals surface area contributed by atoms with Crippen LogP contribution in [0.15, 0.2) is 24.3 Å². The molecule has 0 unspecified atom stereocenters. The van der Waals surface area contributed by atoms with Gasteiger partial charge in [0.25, 0.3) is 0 Å². The minimum atomic E-state index is -0.628. The first-order valence-corrected chi connectivity index (χ1v) is 7.07. The van der Waals surface area contributed by atoms with Crippen LogP contribution in [0, 0.1) is 5.41 Å². The second-order valence-corrected chi connectivity index (χ2v) is 5.39. The maximum atomic E-state index is 12.4. The zero-order valence-electron chi connectivity index (χ0n) is 12.5. The number of amides is 2. The Morgan fingerprint density at radius 2 is 1.86 bits per heavy atom. The summed E-state index contributed by atoms with van der Waals surface area (Å²) in [6.07, 6.45) is 0.844. The van der Waals surface area contributed by atoms with Gasteiger partial charge in [-0.3, -0.25) is 14.5 Å². The Labute approximate surface area is 123 Å². The number of imide groups is 1. The second-order valence-electron chi connectivity index (χ2n) is 5.39. The Bertz CT molecular complexity index is 578. The van der Waals surface area contributed by atoms with Gasteiger partial charge in [-0.2, -0.15) is 0 Å². The van der Waals surface area contributed by atoms with E-state index >= 15 is 0 Å². The van der Waals surface area contributed by atoms with E-state index in [4.69, 9.17) is 4.74 Å². The zero-order chi connectivity index (χ0) is 15.6. The van der Waals surface area contributed by atoms with Crippen LogP contribution in [-0.4, -0.2) is 24.4 Å². The number of hydrogen-bond donors (Lipinski definition) is 0. The average Bonchev–Trinajstić information content (AvgIpc) is 2.70. The first-order valence-electron chi connectivity index (χ1n) is 7.07. The number of carbonyl (C=O) groups excluding carboxylic acids is 3. The van der Waals surface area contributed by atoms with Gasteiger partial charge in [0, 0.05) is 6.42 Å². The summed E-state index contributed by atoms with van der Waals surface area (Å²) in [4.78, 5) is 37.3. The summed E-state index contributed by atoms with van der Waals surface area (Å²) in [5, 5.41) is 0. The molecule has 5 heteroatoms. The Morgan fingerprint density at radius 1 is 1.24 bits per heavy atom. The molecule has 21 heavy (non-hydrogen) atoms. The van der Waals surface area contributed by atoms with Gasteiger partial charge in [-0.05, 0) is 37.6 Å². The summed E-state index contributed by atoms with van der Waals surface area (Å²) in [6, 6.07) is 6.33. The average molecular weight is 289 g/mol. The minimum absolute atomic E-state index is 0.182. The molecule has 1 fully saturated rings. The highest BCUT2D eigenvalue weighted by Crippen LogP contribution is 2.38. The van der Waals surface area contributed by atoms with E-state index < -0.39 is 11.4 Å². The maximum absolute atomic E-state index is 12.4. The van der Waals surface area contributed by atoms with Crippen LogP contribution >= 0.6 is 0 Å². The van der Waals surface area contributed by atoms with Crippen LogP contribution < -0.4 is 4.90 Å². The number of carbonyl (C=O) groups is 3. The molecule has 2 rings (SSSR count). The van der Waals surface area contributed by atoms with E-state index in [1.807, 2.05) is 6.92 Å². The van der Waals surface area contributed by atoms with Crippen LogP contribution in [0.3, 0.4) is 0 Å². The lowest BCUT2D eigenvalue weighted by atomic mass is 9.86. The first-order chi connectivity index (χ1) is 9.92. The summed E-state index contributed by atoms with van der Waals surface area (Å²) in [6.45, 7) is 5.75. The molecule has 0 bridgehead atoms. The molecule has 112 valence electrons. The van der Waals surface area contributed by atoms with Gasteiger partial charge in [-0.25, -0.2) is 4.79 Å². The van der Waals surface area contributed by atoms with E-state index in [9.17, 15) is 14.4 Å². The van der Waals surface area contributed by atoms with E-state index in [0.717, 1.165) is 0 Å². The number of rotatable bonds is 4. The molecule has 1 saturated heterocycles. The second kappa shape index (κ2) is 5.68. The highest BCUT2D eigenvalue weighted by atomic mass is 16.5. The van der Waals surface area contributed by atoms with Crippen molar-refractivity contribution in [3.8, 4) is 0 Å². The fraction of sp³-hybridized carbons (Fsp3) is 0.438. The quantitative estimate of drug-likeness (QED) is 0.631. The Morgan fingerprint density at radius 3 is 2.33 bits per heavy atom. The van der Waals surface area contributed by atoms with Crippen molar-refractivity contribution < 1.29 is 19.1 Å². The third kappa shape index (κ3) is 2.68. The molecule has 0 aromatic heterocycles. The number of ether oxygens (including phenoxy) is 1. The Hall–Kier alpha value is -2.17. The van der Waals surface area contributed by atoms with E-state index in [0.29, 0.717) is 24.3 Å². The third-order valence-electron chi connectivity index (χ3n) is 3.93. The van der Waals surface area contributed by atoms with Crippen molar-refractivity contribution in [3.63, 3.8) is 0 Å². The highest BCUT2D eigenvalue weighted by Gasteiger charge is 2.47.